The third-order valence-corrected chi connectivity index (χ3v) is 4.65. The first kappa shape index (κ1) is 16.2. The van der Waals surface area contributed by atoms with Gasteiger partial charge in [0.25, 0.3) is 5.91 Å². The molecule has 0 radical (unpaired) electrons. The molecular weight excluding hydrogens is 346 g/mol. The number of carbonyl (C=O) groups is 2. The van der Waals surface area contributed by atoms with Gasteiger partial charge in [-0.05, 0) is 35.9 Å². The van der Waals surface area contributed by atoms with Crippen LogP contribution < -0.4 is 10.0 Å². The number of hydrogen-bond acceptors (Lipinski definition) is 5. The molecule has 2 aromatic rings. The van der Waals surface area contributed by atoms with Crippen molar-refractivity contribution in [2.45, 2.75) is 0 Å². The lowest BCUT2D eigenvalue weighted by atomic mass is 10.1. The number of anilines is 1. The van der Waals surface area contributed by atoms with Crippen LogP contribution in [-0.4, -0.2) is 21.3 Å². The summed E-state index contributed by atoms with van der Waals surface area (Å²) in [6.45, 7) is 0. The number of nitrogens with zero attached hydrogens (tertiary/aromatic N) is 1. The van der Waals surface area contributed by atoms with E-state index in [-0.39, 0.29) is 17.2 Å². The molecule has 5 nitrogen and oxygen atoms in total. The van der Waals surface area contributed by atoms with Crippen molar-refractivity contribution in [3.05, 3.63) is 64.6 Å². The predicted molar refractivity (Wildman–Crippen MR) is 94.9 cm³/mol. The summed E-state index contributed by atoms with van der Waals surface area (Å²) in [5.74, 6) is -1.42. The van der Waals surface area contributed by atoms with Crippen LogP contribution in [0.3, 0.4) is 0 Å². The second kappa shape index (κ2) is 6.46. The third kappa shape index (κ3) is 3.17. The van der Waals surface area contributed by atoms with Gasteiger partial charge in [0, 0.05) is 0 Å². The van der Waals surface area contributed by atoms with Gasteiger partial charge in [-0.3, -0.25) is 9.69 Å². The normalized spacial score (nSPS) is 16.0. The monoisotopic (exact) mass is 356 g/mol. The maximum Gasteiger partial charge on any atom is 0.335 e. The maximum atomic E-state index is 12.6. The van der Waals surface area contributed by atoms with Crippen LogP contribution in [0.2, 0.25) is 0 Å². The van der Waals surface area contributed by atoms with Crippen LogP contribution in [0.4, 0.5) is 5.69 Å². The van der Waals surface area contributed by atoms with Crippen molar-refractivity contribution < 1.29 is 19.8 Å². The fourth-order valence-electron chi connectivity index (χ4n) is 2.16. The zero-order chi connectivity index (χ0) is 17.3. The van der Waals surface area contributed by atoms with Crippen LogP contribution in [-0.2, 0) is 4.79 Å². The summed E-state index contributed by atoms with van der Waals surface area (Å²) in [5, 5.41) is 20.1. The van der Waals surface area contributed by atoms with E-state index in [9.17, 15) is 14.7 Å². The number of amides is 1. The van der Waals surface area contributed by atoms with Gasteiger partial charge in [0.1, 0.15) is 0 Å². The molecule has 24 heavy (non-hydrogen) atoms. The van der Waals surface area contributed by atoms with Gasteiger partial charge in [0.2, 0.25) is 0 Å². The third-order valence-electron chi connectivity index (χ3n) is 3.34. The SMILES string of the molecule is O=C(O)c1ccc(/C=C2/SC(=S)N(c3ccc([O-])cc3)C2=O)cc1. The van der Waals surface area contributed by atoms with Crippen molar-refractivity contribution in [3.63, 3.8) is 0 Å². The number of benzene rings is 2. The van der Waals surface area contributed by atoms with Gasteiger partial charge >= 0.3 is 5.97 Å². The van der Waals surface area contributed by atoms with E-state index in [1.165, 1.54) is 29.2 Å². The van der Waals surface area contributed by atoms with Crippen LogP contribution in [0.15, 0.2) is 53.4 Å². The molecule has 1 saturated heterocycles. The molecule has 1 amide bonds. The van der Waals surface area contributed by atoms with Crippen LogP contribution in [0, 0.1) is 0 Å². The lowest BCUT2D eigenvalue weighted by Gasteiger charge is -2.15. The molecule has 0 atom stereocenters. The first-order valence-electron chi connectivity index (χ1n) is 6.84. The number of carboxylic acids is 1. The quantitative estimate of drug-likeness (QED) is 0.673. The van der Waals surface area contributed by atoms with Crippen molar-refractivity contribution in [2.24, 2.45) is 0 Å². The lowest BCUT2D eigenvalue weighted by molar-refractivity contribution is -0.268. The molecule has 120 valence electrons. The molecule has 3 rings (SSSR count). The van der Waals surface area contributed by atoms with Crippen molar-refractivity contribution in [1.29, 1.82) is 0 Å². The molecule has 7 heteroatoms. The largest absolute Gasteiger partial charge is 0.872 e. The van der Waals surface area contributed by atoms with E-state index >= 15 is 0 Å². The zero-order valence-electron chi connectivity index (χ0n) is 12.1. The Hall–Kier alpha value is -2.64. The molecule has 1 N–H and O–H groups in total. The van der Waals surface area contributed by atoms with E-state index in [0.717, 1.165) is 11.8 Å². The summed E-state index contributed by atoms with van der Waals surface area (Å²) in [4.78, 5) is 25.2. The second-order valence-electron chi connectivity index (χ2n) is 4.94. The minimum atomic E-state index is -1.00. The van der Waals surface area contributed by atoms with E-state index < -0.39 is 5.97 Å². The van der Waals surface area contributed by atoms with Gasteiger partial charge in [-0.25, -0.2) is 4.79 Å². The summed E-state index contributed by atoms with van der Waals surface area (Å²) < 4.78 is 0.382. The molecule has 0 aromatic heterocycles. The first-order valence-corrected chi connectivity index (χ1v) is 8.06. The molecule has 0 spiro atoms. The Morgan fingerprint density at radius 1 is 1.12 bits per heavy atom. The van der Waals surface area contributed by atoms with E-state index in [0.29, 0.717) is 20.5 Å². The highest BCUT2D eigenvalue weighted by molar-refractivity contribution is 8.27. The Balaban J connectivity index is 1.87. The Kier molecular flexibility index (Phi) is 4.37. The van der Waals surface area contributed by atoms with Crippen molar-refractivity contribution in [1.82, 2.24) is 0 Å². The highest BCUT2D eigenvalue weighted by atomic mass is 32.2. The van der Waals surface area contributed by atoms with Gasteiger partial charge in [-0.1, -0.05) is 48.2 Å². The molecule has 1 aliphatic heterocycles. The van der Waals surface area contributed by atoms with Crippen molar-refractivity contribution in [2.75, 3.05) is 4.90 Å². The Labute approximate surface area is 147 Å². The zero-order valence-corrected chi connectivity index (χ0v) is 13.8. The summed E-state index contributed by atoms with van der Waals surface area (Å²) in [6, 6.07) is 12.1. The fraction of sp³-hybridized carbons (Fsp3) is 0. The van der Waals surface area contributed by atoms with Crippen molar-refractivity contribution in [3.8, 4) is 5.75 Å². The average Bonchev–Trinajstić information content (AvgIpc) is 2.83. The Morgan fingerprint density at radius 3 is 2.33 bits per heavy atom. The number of carboxylic acid groups (broad SMARTS) is 1. The van der Waals surface area contributed by atoms with Gasteiger partial charge in [0.15, 0.2) is 4.32 Å². The smallest absolute Gasteiger partial charge is 0.335 e. The minimum Gasteiger partial charge on any atom is -0.872 e. The predicted octanol–water partition coefficient (Wildman–Crippen LogP) is 2.86. The second-order valence-corrected chi connectivity index (χ2v) is 6.61. The summed E-state index contributed by atoms with van der Waals surface area (Å²) in [7, 11) is 0. The maximum absolute atomic E-state index is 12.6. The van der Waals surface area contributed by atoms with E-state index in [4.69, 9.17) is 17.3 Å². The molecule has 1 fully saturated rings. The number of rotatable bonds is 3. The van der Waals surface area contributed by atoms with Gasteiger partial charge in [0.05, 0.1) is 16.2 Å². The van der Waals surface area contributed by atoms with E-state index in [1.807, 2.05) is 0 Å². The number of aromatic carboxylic acids is 1. The van der Waals surface area contributed by atoms with Crippen LogP contribution in [0.1, 0.15) is 15.9 Å². The molecule has 0 bridgehead atoms. The van der Waals surface area contributed by atoms with Crippen LogP contribution >= 0.6 is 24.0 Å². The molecule has 1 heterocycles. The average molecular weight is 356 g/mol. The Bertz CT molecular complexity index is 857. The summed E-state index contributed by atoms with van der Waals surface area (Å²) >= 11 is 6.41. The molecule has 2 aromatic carbocycles. The molecular formula is C17H10NO4S2-. The molecule has 1 aliphatic rings. The number of hydrogen-bond donors (Lipinski definition) is 1. The number of thiocarbonyl (C=S) groups is 1. The van der Waals surface area contributed by atoms with Gasteiger partial charge in [-0.2, -0.15) is 0 Å². The van der Waals surface area contributed by atoms with E-state index in [2.05, 4.69) is 0 Å². The first-order chi connectivity index (χ1) is 11.5. The van der Waals surface area contributed by atoms with Crippen molar-refractivity contribution >= 4 is 51.9 Å². The highest BCUT2D eigenvalue weighted by Gasteiger charge is 2.33. The Morgan fingerprint density at radius 2 is 1.75 bits per heavy atom. The van der Waals surface area contributed by atoms with E-state index in [1.54, 1.807) is 30.3 Å². The van der Waals surface area contributed by atoms with Crippen LogP contribution in [0.25, 0.3) is 6.08 Å². The standard InChI is InChI=1S/C17H11NO4S2/c19-13-7-5-12(6-8-13)18-15(20)14(24-17(18)23)9-10-1-3-11(4-2-10)16(21)22/h1-9,19H,(H,21,22)/p-1/b14-9+. The number of thioether (sulfide) groups is 1. The molecule has 0 saturated carbocycles. The highest BCUT2D eigenvalue weighted by Crippen LogP contribution is 2.36. The van der Waals surface area contributed by atoms with Gasteiger partial charge in [-0.15, -0.1) is 5.75 Å². The fourth-order valence-corrected chi connectivity index (χ4v) is 3.46. The van der Waals surface area contributed by atoms with Crippen LogP contribution in [0.5, 0.6) is 5.75 Å². The molecule has 0 aliphatic carbocycles. The van der Waals surface area contributed by atoms with Gasteiger partial charge < -0.3 is 10.2 Å². The number of carbonyl (C=O) groups excluding carboxylic acids is 1. The topological polar surface area (TPSA) is 80.7 Å². The summed E-state index contributed by atoms with van der Waals surface area (Å²) in [5.41, 5.74) is 1.43. The lowest BCUT2D eigenvalue weighted by Crippen LogP contribution is -2.27. The minimum absolute atomic E-state index is 0.141. The summed E-state index contributed by atoms with van der Waals surface area (Å²) in [6.07, 6.45) is 1.66. The molecule has 0 unspecified atom stereocenters.